The second-order valence-corrected chi connectivity index (χ2v) is 8.30. The smallest absolute Gasteiger partial charge is 0.228 e. The number of rotatable bonds is 3. The number of carbonyl (C=O) groups is 2. The quantitative estimate of drug-likeness (QED) is 0.833. The number of amides is 2. The number of fused-ring (bicyclic) bond motifs is 1. The predicted molar refractivity (Wildman–Crippen MR) is 97.7 cm³/mol. The van der Waals surface area contributed by atoms with Crippen LogP contribution in [0.15, 0.2) is 30.5 Å². The van der Waals surface area contributed by atoms with E-state index in [4.69, 9.17) is 23.2 Å². The fourth-order valence-corrected chi connectivity index (χ4v) is 3.93. The molecule has 1 N–H and O–H groups in total. The van der Waals surface area contributed by atoms with Crippen molar-refractivity contribution in [2.24, 2.45) is 5.92 Å². The number of nitrogens with one attached hydrogen (secondary N) is 1. The van der Waals surface area contributed by atoms with Crippen molar-refractivity contribution >= 4 is 45.9 Å². The highest BCUT2D eigenvalue weighted by Gasteiger charge is 2.57. The molecule has 1 unspecified atom stereocenters. The van der Waals surface area contributed by atoms with Crippen LogP contribution in [0.4, 0.5) is 0 Å². The summed E-state index contributed by atoms with van der Waals surface area (Å²) in [5.41, 5.74) is 2.04. The third kappa shape index (κ3) is 3.23. The first-order valence-electron chi connectivity index (χ1n) is 8.45. The average molecular weight is 380 g/mol. The summed E-state index contributed by atoms with van der Waals surface area (Å²) in [4.78, 5) is 31.7. The zero-order chi connectivity index (χ0) is 17.6. The maximum atomic E-state index is 12.6. The van der Waals surface area contributed by atoms with Crippen LogP contribution >= 0.6 is 23.2 Å². The number of piperazine rings is 1. The van der Waals surface area contributed by atoms with E-state index in [0.29, 0.717) is 39.0 Å². The Morgan fingerprint density at radius 3 is 2.44 bits per heavy atom. The Hall–Kier alpha value is -1.72. The zero-order valence-electron chi connectivity index (χ0n) is 13.7. The third-order valence-corrected chi connectivity index (χ3v) is 5.92. The molecule has 1 saturated heterocycles. The van der Waals surface area contributed by atoms with Crippen molar-refractivity contribution in [1.29, 1.82) is 0 Å². The van der Waals surface area contributed by atoms with Crippen LogP contribution in [-0.4, -0.2) is 57.1 Å². The predicted octanol–water partition coefficient (Wildman–Crippen LogP) is 2.58. The normalized spacial score (nSPS) is 22.2. The number of hydrogen-bond acceptors (Lipinski definition) is 2. The van der Waals surface area contributed by atoms with E-state index in [1.165, 1.54) is 0 Å². The molecule has 5 nitrogen and oxygen atoms in total. The summed E-state index contributed by atoms with van der Waals surface area (Å²) < 4.78 is -0.890. The first-order chi connectivity index (χ1) is 12.0. The third-order valence-electron chi connectivity index (χ3n) is 5.08. The lowest BCUT2D eigenvalue weighted by Crippen LogP contribution is -2.51. The molecule has 25 heavy (non-hydrogen) atoms. The summed E-state index contributed by atoms with van der Waals surface area (Å²) in [5.74, 6) is -0.189. The number of H-pyrrole nitrogens is 1. The topological polar surface area (TPSA) is 56.4 Å². The fourth-order valence-electron chi connectivity index (χ4n) is 3.43. The average Bonchev–Trinajstić information content (AvgIpc) is 3.07. The van der Waals surface area contributed by atoms with E-state index in [-0.39, 0.29) is 17.7 Å². The van der Waals surface area contributed by atoms with Gasteiger partial charge in [0.25, 0.3) is 0 Å². The zero-order valence-corrected chi connectivity index (χ0v) is 15.2. The molecule has 2 amide bonds. The lowest BCUT2D eigenvalue weighted by molar-refractivity contribution is -0.140. The Kier molecular flexibility index (Phi) is 4.16. The molecular formula is C18H19Cl2N3O2. The van der Waals surface area contributed by atoms with Crippen LogP contribution in [0.1, 0.15) is 12.0 Å². The second-order valence-electron chi connectivity index (χ2n) is 6.76. The van der Waals surface area contributed by atoms with Crippen LogP contribution in [0.3, 0.4) is 0 Å². The minimum Gasteiger partial charge on any atom is -0.361 e. The maximum absolute atomic E-state index is 12.6. The van der Waals surface area contributed by atoms with Crippen LogP contribution in [0, 0.1) is 5.92 Å². The summed E-state index contributed by atoms with van der Waals surface area (Å²) in [5, 5.41) is 1.08. The minimum atomic E-state index is -0.890. The van der Waals surface area contributed by atoms with Crippen molar-refractivity contribution in [2.45, 2.75) is 17.2 Å². The van der Waals surface area contributed by atoms with Gasteiger partial charge in [-0.05, 0) is 18.1 Å². The Morgan fingerprint density at radius 2 is 1.76 bits per heavy atom. The molecule has 1 aliphatic carbocycles. The molecule has 2 fully saturated rings. The number of para-hydroxylation sites is 1. The Bertz CT molecular complexity index is 825. The number of halogens is 2. The summed E-state index contributed by atoms with van der Waals surface area (Å²) in [6, 6.07) is 7.96. The van der Waals surface area contributed by atoms with Crippen molar-refractivity contribution in [3.8, 4) is 0 Å². The molecule has 1 atom stereocenters. The largest absolute Gasteiger partial charge is 0.361 e. The van der Waals surface area contributed by atoms with Gasteiger partial charge in [-0.15, -0.1) is 23.2 Å². The number of nitrogens with zero attached hydrogens (tertiary/aromatic N) is 2. The van der Waals surface area contributed by atoms with Crippen LogP contribution in [0.2, 0.25) is 0 Å². The van der Waals surface area contributed by atoms with E-state index >= 15 is 0 Å². The van der Waals surface area contributed by atoms with Gasteiger partial charge < -0.3 is 14.8 Å². The summed E-state index contributed by atoms with van der Waals surface area (Å²) in [6.07, 6.45) is 2.79. The lowest BCUT2D eigenvalue weighted by Gasteiger charge is -2.35. The van der Waals surface area contributed by atoms with Gasteiger partial charge in [-0.1, -0.05) is 18.2 Å². The van der Waals surface area contributed by atoms with Crippen molar-refractivity contribution in [2.75, 3.05) is 26.2 Å². The molecule has 0 radical (unpaired) electrons. The number of alkyl halides is 2. The SMILES string of the molecule is O=C(Cc1c[nH]c2ccccc12)N1CCN(C(=O)C2CC2(Cl)Cl)CC1. The van der Waals surface area contributed by atoms with Gasteiger partial charge in [-0.2, -0.15) is 0 Å². The van der Waals surface area contributed by atoms with Crippen LogP contribution in [0.5, 0.6) is 0 Å². The molecule has 0 bridgehead atoms. The van der Waals surface area contributed by atoms with Gasteiger partial charge in [0.05, 0.1) is 12.3 Å². The van der Waals surface area contributed by atoms with Gasteiger partial charge in [0.2, 0.25) is 11.8 Å². The Labute approximate surface area is 155 Å². The van der Waals surface area contributed by atoms with Crippen molar-refractivity contribution < 1.29 is 9.59 Å². The van der Waals surface area contributed by atoms with Crippen LogP contribution in [-0.2, 0) is 16.0 Å². The van der Waals surface area contributed by atoms with Gasteiger partial charge in [-0.25, -0.2) is 0 Å². The molecular weight excluding hydrogens is 361 g/mol. The molecule has 132 valence electrons. The summed E-state index contributed by atoms with van der Waals surface area (Å²) >= 11 is 12.0. The lowest BCUT2D eigenvalue weighted by atomic mass is 10.1. The molecule has 2 aromatic rings. The first kappa shape index (κ1) is 16.7. The van der Waals surface area contributed by atoms with E-state index in [1.807, 2.05) is 35.4 Å². The number of aromatic nitrogens is 1. The highest BCUT2D eigenvalue weighted by molar-refractivity contribution is 6.52. The monoisotopic (exact) mass is 379 g/mol. The van der Waals surface area contributed by atoms with Gasteiger partial charge in [0, 0.05) is 43.3 Å². The van der Waals surface area contributed by atoms with Crippen molar-refractivity contribution in [3.63, 3.8) is 0 Å². The fraction of sp³-hybridized carbons (Fsp3) is 0.444. The molecule has 1 aromatic carbocycles. The highest BCUT2D eigenvalue weighted by atomic mass is 35.5. The highest BCUT2D eigenvalue weighted by Crippen LogP contribution is 2.53. The molecule has 4 rings (SSSR count). The van der Waals surface area contributed by atoms with E-state index < -0.39 is 4.33 Å². The van der Waals surface area contributed by atoms with E-state index in [1.54, 1.807) is 4.90 Å². The Balaban J connectivity index is 1.35. The minimum absolute atomic E-state index is 0.00808. The molecule has 1 aliphatic heterocycles. The number of benzene rings is 1. The van der Waals surface area contributed by atoms with E-state index in [9.17, 15) is 9.59 Å². The number of hydrogen-bond donors (Lipinski definition) is 1. The molecule has 2 aliphatic rings. The van der Waals surface area contributed by atoms with Crippen molar-refractivity contribution in [3.05, 3.63) is 36.0 Å². The van der Waals surface area contributed by atoms with Crippen LogP contribution in [0.25, 0.3) is 10.9 Å². The standard InChI is InChI=1S/C18H19Cl2N3O2/c19-18(20)10-14(18)17(25)23-7-5-22(6-8-23)16(24)9-12-11-21-15-4-2-1-3-13(12)15/h1-4,11,14,21H,5-10H2. The summed E-state index contributed by atoms with van der Waals surface area (Å²) in [6.45, 7) is 2.19. The van der Waals surface area contributed by atoms with Gasteiger partial charge in [0.15, 0.2) is 0 Å². The Morgan fingerprint density at radius 1 is 1.12 bits per heavy atom. The number of carbonyl (C=O) groups excluding carboxylic acids is 2. The van der Waals surface area contributed by atoms with Crippen LogP contribution < -0.4 is 0 Å². The van der Waals surface area contributed by atoms with E-state index in [0.717, 1.165) is 16.5 Å². The van der Waals surface area contributed by atoms with Crippen molar-refractivity contribution in [1.82, 2.24) is 14.8 Å². The van der Waals surface area contributed by atoms with Gasteiger partial charge in [0.1, 0.15) is 4.33 Å². The molecule has 2 heterocycles. The summed E-state index contributed by atoms with van der Waals surface area (Å²) in [7, 11) is 0. The first-order valence-corrected chi connectivity index (χ1v) is 9.21. The van der Waals surface area contributed by atoms with Gasteiger partial charge >= 0.3 is 0 Å². The van der Waals surface area contributed by atoms with Gasteiger partial charge in [-0.3, -0.25) is 9.59 Å². The number of aromatic amines is 1. The molecule has 1 saturated carbocycles. The van der Waals surface area contributed by atoms with E-state index in [2.05, 4.69) is 4.98 Å². The maximum Gasteiger partial charge on any atom is 0.228 e. The molecule has 7 heteroatoms. The molecule has 0 spiro atoms. The molecule has 1 aromatic heterocycles. The second kappa shape index (κ2) is 6.22.